The minimum atomic E-state index is 0.0407. The molecule has 0 bridgehead atoms. The van der Waals surface area contributed by atoms with E-state index >= 15 is 0 Å². The summed E-state index contributed by atoms with van der Waals surface area (Å²) >= 11 is 0. The van der Waals surface area contributed by atoms with Gasteiger partial charge in [-0.1, -0.05) is 19.1 Å². The fourth-order valence-corrected chi connectivity index (χ4v) is 3.21. The molecule has 0 N–H and O–H groups in total. The summed E-state index contributed by atoms with van der Waals surface area (Å²) in [6, 6.07) is 8.18. The van der Waals surface area contributed by atoms with Crippen LogP contribution in [-0.4, -0.2) is 19.5 Å². The van der Waals surface area contributed by atoms with E-state index in [9.17, 15) is 4.79 Å². The highest BCUT2D eigenvalue weighted by atomic mass is 16.5. The van der Waals surface area contributed by atoms with Crippen molar-refractivity contribution in [2.75, 3.05) is 13.7 Å². The van der Waals surface area contributed by atoms with Gasteiger partial charge in [0.2, 0.25) is 0 Å². The summed E-state index contributed by atoms with van der Waals surface area (Å²) in [7, 11) is 1.67. The van der Waals surface area contributed by atoms with Crippen molar-refractivity contribution in [1.82, 2.24) is 0 Å². The fourth-order valence-electron chi connectivity index (χ4n) is 3.21. The first-order chi connectivity index (χ1) is 9.70. The molecule has 0 saturated carbocycles. The zero-order valence-electron chi connectivity index (χ0n) is 12.0. The van der Waals surface area contributed by atoms with Gasteiger partial charge in [-0.3, -0.25) is 4.79 Å². The van der Waals surface area contributed by atoms with E-state index in [4.69, 9.17) is 9.47 Å². The minimum Gasteiger partial charge on any atom is -0.497 e. The van der Waals surface area contributed by atoms with Gasteiger partial charge in [-0.05, 0) is 42.5 Å². The van der Waals surface area contributed by atoms with Gasteiger partial charge >= 0.3 is 0 Å². The molecule has 2 atom stereocenters. The lowest BCUT2D eigenvalue weighted by atomic mass is 9.74. The molecule has 3 nitrogen and oxygen atoms in total. The molecule has 2 aliphatic rings. The van der Waals surface area contributed by atoms with Crippen LogP contribution in [0.3, 0.4) is 0 Å². The smallest absolute Gasteiger partial charge is 0.200 e. The van der Waals surface area contributed by atoms with Crippen LogP contribution in [0.4, 0.5) is 0 Å². The van der Waals surface area contributed by atoms with E-state index in [0.29, 0.717) is 18.3 Å². The summed E-state index contributed by atoms with van der Waals surface area (Å²) in [5.74, 6) is 2.05. The average Bonchev–Trinajstić information content (AvgIpc) is 2.51. The Balaban J connectivity index is 1.98. The molecule has 3 heteroatoms. The highest BCUT2D eigenvalue weighted by molar-refractivity contribution is 5.97. The van der Waals surface area contributed by atoms with E-state index in [0.717, 1.165) is 25.0 Å². The molecule has 0 radical (unpaired) electrons. The molecule has 1 aliphatic heterocycles. The van der Waals surface area contributed by atoms with E-state index in [1.165, 1.54) is 11.1 Å². The van der Waals surface area contributed by atoms with Crippen LogP contribution in [0.1, 0.15) is 37.7 Å². The maximum atomic E-state index is 12.2. The van der Waals surface area contributed by atoms with Gasteiger partial charge in [-0.15, -0.1) is 0 Å². The predicted octanol–water partition coefficient (Wildman–Crippen LogP) is 3.45. The quantitative estimate of drug-likeness (QED) is 0.827. The van der Waals surface area contributed by atoms with E-state index in [1.807, 2.05) is 19.1 Å². The van der Waals surface area contributed by atoms with E-state index < -0.39 is 0 Å². The van der Waals surface area contributed by atoms with Crippen LogP contribution in [-0.2, 0) is 9.53 Å². The molecule has 106 valence electrons. The Bertz CT molecular complexity index is 542. The molecule has 0 aromatic heterocycles. The van der Waals surface area contributed by atoms with Crippen LogP contribution < -0.4 is 4.74 Å². The fraction of sp³-hybridized carbons (Fsp3) is 0.471. The first-order valence-corrected chi connectivity index (χ1v) is 7.24. The number of rotatable bonds is 2. The maximum absolute atomic E-state index is 12.2. The van der Waals surface area contributed by atoms with Gasteiger partial charge in [-0.2, -0.15) is 0 Å². The lowest BCUT2D eigenvalue weighted by Gasteiger charge is -2.34. The zero-order chi connectivity index (χ0) is 14.1. The third-order valence-electron chi connectivity index (χ3n) is 4.33. The maximum Gasteiger partial charge on any atom is 0.200 e. The first-order valence-electron chi connectivity index (χ1n) is 7.24. The summed E-state index contributed by atoms with van der Waals surface area (Å²) in [4.78, 5) is 12.2. The highest BCUT2D eigenvalue weighted by Gasteiger charge is 2.36. The van der Waals surface area contributed by atoms with E-state index in [2.05, 4.69) is 12.1 Å². The number of carbonyl (C=O) groups is 1. The molecule has 1 heterocycles. The molecular formula is C17H20O3. The molecule has 0 saturated heterocycles. The summed E-state index contributed by atoms with van der Waals surface area (Å²) in [5, 5.41) is 0. The minimum absolute atomic E-state index is 0.0407. The first kappa shape index (κ1) is 13.2. The normalized spacial score (nSPS) is 26.0. The van der Waals surface area contributed by atoms with Crippen LogP contribution in [0.2, 0.25) is 0 Å². The van der Waals surface area contributed by atoms with Crippen molar-refractivity contribution < 1.29 is 14.3 Å². The number of ketones is 1. The average molecular weight is 272 g/mol. The van der Waals surface area contributed by atoms with E-state index in [1.54, 1.807) is 7.11 Å². The molecule has 2 unspecified atom stereocenters. The molecule has 1 aromatic rings. The lowest BCUT2D eigenvalue weighted by Crippen LogP contribution is -2.29. The Hall–Kier alpha value is -1.77. The SMILES string of the molecule is COc1ccc(C2CC(C)C(=O)C3=C2CCCO3)cc1. The highest BCUT2D eigenvalue weighted by Crippen LogP contribution is 2.43. The second-order valence-electron chi connectivity index (χ2n) is 5.63. The Morgan fingerprint density at radius 1 is 1.25 bits per heavy atom. The van der Waals surface area contributed by atoms with Crippen molar-refractivity contribution in [3.63, 3.8) is 0 Å². The van der Waals surface area contributed by atoms with Gasteiger partial charge in [0.25, 0.3) is 0 Å². The van der Waals surface area contributed by atoms with Gasteiger partial charge in [0.15, 0.2) is 11.5 Å². The van der Waals surface area contributed by atoms with Crippen molar-refractivity contribution in [2.24, 2.45) is 5.92 Å². The van der Waals surface area contributed by atoms with Crippen molar-refractivity contribution in [1.29, 1.82) is 0 Å². The van der Waals surface area contributed by atoms with Crippen molar-refractivity contribution in [2.45, 2.75) is 32.1 Å². The summed E-state index contributed by atoms with van der Waals surface area (Å²) < 4.78 is 10.9. The topological polar surface area (TPSA) is 35.5 Å². The van der Waals surface area contributed by atoms with E-state index in [-0.39, 0.29) is 11.7 Å². The second-order valence-corrected chi connectivity index (χ2v) is 5.63. The number of hydrogen-bond acceptors (Lipinski definition) is 3. The second kappa shape index (κ2) is 5.31. The third kappa shape index (κ3) is 2.21. The Labute approximate surface area is 119 Å². The van der Waals surface area contributed by atoms with Crippen LogP contribution in [0.5, 0.6) is 5.75 Å². The monoisotopic (exact) mass is 272 g/mol. The molecule has 3 rings (SSSR count). The number of ether oxygens (including phenoxy) is 2. The number of benzene rings is 1. The Kier molecular flexibility index (Phi) is 3.51. The molecule has 1 aromatic carbocycles. The number of Topliss-reactive ketones (excluding diaryl/α,β-unsaturated/α-hetero) is 1. The molecule has 20 heavy (non-hydrogen) atoms. The molecule has 1 aliphatic carbocycles. The standard InChI is InChI=1S/C17H20O3/c1-11-10-15(12-5-7-13(19-2)8-6-12)14-4-3-9-20-17(14)16(11)18/h5-8,11,15H,3-4,9-10H2,1-2H3. The molecule has 0 fully saturated rings. The van der Waals surface area contributed by atoms with Crippen LogP contribution in [0.15, 0.2) is 35.6 Å². The van der Waals surface area contributed by atoms with Crippen molar-refractivity contribution in [3.8, 4) is 5.75 Å². The van der Waals surface area contributed by atoms with Crippen LogP contribution >= 0.6 is 0 Å². The number of carbonyl (C=O) groups excluding carboxylic acids is 1. The molecule has 0 amide bonds. The van der Waals surface area contributed by atoms with Gasteiger partial charge < -0.3 is 9.47 Å². The van der Waals surface area contributed by atoms with Crippen molar-refractivity contribution in [3.05, 3.63) is 41.2 Å². The van der Waals surface area contributed by atoms with Crippen LogP contribution in [0.25, 0.3) is 0 Å². The summed E-state index contributed by atoms with van der Waals surface area (Å²) in [6.07, 6.45) is 2.87. The summed E-state index contributed by atoms with van der Waals surface area (Å²) in [6.45, 7) is 2.67. The van der Waals surface area contributed by atoms with Gasteiger partial charge in [0.05, 0.1) is 13.7 Å². The number of methoxy groups -OCH3 is 1. The predicted molar refractivity (Wildman–Crippen MR) is 76.7 cm³/mol. The largest absolute Gasteiger partial charge is 0.497 e. The van der Waals surface area contributed by atoms with Crippen molar-refractivity contribution >= 4 is 5.78 Å². The zero-order valence-corrected chi connectivity index (χ0v) is 12.0. The van der Waals surface area contributed by atoms with Crippen LogP contribution in [0, 0.1) is 5.92 Å². The lowest BCUT2D eigenvalue weighted by molar-refractivity contribution is -0.123. The van der Waals surface area contributed by atoms with Gasteiger partial charge in [0.1, 0.15) is 5.75 Å². The summed E-state index contributed by atoms with van der Waals surface area (Å²) in [5.41, 5.74) is 2.45. The van der Waals surface area contributed by atoms with Gasteiger partial charge in [-0.25, -0.2) is 0 Å². The van der Waals surface area contributed by atoms with Gasteiger partial charge in [0, 0.05) is 11.8 Å². The Morgan fingerprint density at radius 2 is 2.00 bits per heavy atom. The third-order valence-corrected chi connectivity index (χ3v) is 4.33. The molecule has 0 spiro atoms. The Morgan fingerprint density at radius 3 is 2.70 bits per heavy atom. The number of allylic oxidation sites excluding steroid dienone is 2. The molecular weight excluding hydrogens is 252 g/mol. The number of hydrogen-bond donors (Lipinski definition) is 0.